The van der Waals surface area contributed by atoms with Crippen LogP contribution >= 0.6 is 11.6 Å². The van der Waals surface area contributed by atoms with E-state index in [1.807, 2.05) is 6.92 Å². The second-order valence-corrected chi connectivity index (χ2v) is 4.27. The number of nitrogens with one attached hydrogen (secondary N) is 1. The molecule has 18 heavy (non-hydrogen) atoms. The summed E-state index contributed by atoms with van der Waals surface area (Å²) in [4.78, 5) is 16.1. The lowest BCUT2D eigenvalue weighted by molar-refractivity contribution is 0.102. The van der Waals surface area contributed by atoms with Crippen LogP contribution in [-0.4, -0.2) is 20.7 Å². The Labute approximate surface area is 110 Å². The molecule has 2 heterocycles. The highest BCUT2D eigenvalue weighted by molar-refractivity contribution is 6.29. The maximum atomic E-state index is 12.0. The smallest absolute Gasteiger partial charge is 0.255 e. The molecule has 0 aliphatic carbocycles. The Morgan fingerprint density at radius 2 is 2.28 bits per heavy atom. The standard InChI is InChI=1S/C12H13ClN4O/c1-3-9-4-8(5-11(13)15-9)12(18)16-10-6-14-17(2)7-10/h4-7H,3H2,1-2H3,(H,16,18). The van der Waals surface area contributed by atoms with Gasteiger partial charge >= 0.3 is 0 Å². The van der Waals surface area contributed by atoms with E-state index < -0.39 is 0 Å². The van der Waals surface area contributed by atoms with Crippen LogP contribution in [0.3, 0.4) is 0 Å². The minimum Gasteiger partial charge on any atom is -0.319 e. The molecule has 0 atom stereocenters. The van der Waals surface area contributed by atoms with Crippen LogP contribution in [-0.2, 0) is 13.5 Å². The van der Waals surface area contributed by atoms with E-state index >= 15 is 0 Å². The van der Waals surface area contributed by atoms with Crippen LogP contribution in [0, 0.1) is 0 Å². The van der Waals surface area contributed by atoms with Gasteiger partial charge in [-0.2, -0.15) is 5.10 Å². The average molecular weight is 265 g/mol. The summed E-state index contributed by atoms with van der Waals surface area (Å²) in [5.74, 6) is -0.220. The number of nitrogens with zero attached hydrogens (tertiary/aromatic N) is 3. The van der Waals surface area contributed by atoms with E-state index in [9.17, 15) is 4.79 Å². The number of rotatable bonds is 3. The first-order chi connectivity index (χ1) is 8.58. The molecule has 1 N–H and O–H groups in total. The molecule has 0 bridgehead atoms. The van der Waals surface area contributed by atoms with Crippen LogP contribution in [0.25, 0.3) is 0 Å². The minimum absolute atomic E-state index is 0.220. The molecule has 2 aromatic rings. The Hall–Kier alpha value is -1.88. The van der Waals surface area contributed by atoms with E-state index in [0.29, 0.717) is 16.4 Å². The third kappa shape index (κ3) is 2.87. The first kappa shape index (κ1) is 12.6. The van der Waals surface area contributed by atoms with Crippen LogP contribution < -0.4 is 5.32 Å². The number of hydrogen-bond donors (Lipinski definition) is 1. The van der Waals surface area contributed by atoms with Gasteiger partial charge in [0.05, 0.1) is 11.9 Å². The van der Waals surface area contributed by atoms with Gasteiger partial charge in [0.25, 0.3) is 5.91 Å². The molecule has 0 fully saturated rings. The molecule has 0 saturated carbocycles. The number of halogens is 1. The van der Waals surface area contributed by atoms with E-state index in [-0.39, 0.29) is 5.91 Å². The summed E-state index contributed by atoms with van der Waals surface area (Å²) in [7, 11) is 1.79. The summed E-state index contributed by atoms with van der Waals surface area (Å²) >= 11 is 5.87. The number of amides is 1. The molecule has 0 aromatic carbocycles. The quantitative estimate of drug-likeness (QED) is 0.866. The van der Waals surface area contributed by atoms with Crippen molar-refractivity contribution in [1.29, 1.82) is 0 Å². The van der Waals surface area contributed by atoms with Gasteiger partial charge in [0.2, 0.25) is 0 Å². The molecule has 5 nitrogen and oxygen atoms in total. The lowest BCUT2D eigenvalue weighted by atomic mass is 10.2. The zero-order chi connectivity index (χ0) is 13.1. The lowest BCUT2D eigenvalue weighted by Gasteiger charge is -2.04. The SMILES string of the molecule is CCc1cc(C(=O)Nc2cnn(C)c2)cc(Cl)n1. The van der Waals surface area contributed by atoms with Crippen molar-refractivity contribution in [3.8, 4) is 0 Å². The second kappa shape index (κ2) is 5.18. The van der Waals surface area contributed by atoms with Gasteiger partial charge in [0.1, 0.15) is 5.15 Å². The van der Waals surface area contributed by atoms with Gasteiger partial charge in [-0.05, 0) is 18.6 Å². The first-order valence-corrected chi connectivity index (χ1v) is 5.92. The summed E-state index contributed by atoms with van der Waals surface area (Å²) in [5.41, 5.74) is 1.93. The second-order valence-electron chi connectivity index (χ2n) is 3.88. The van der Waals surface area contributed by atoms with Gasteiger partial charge < -0.3 is 5.32 Å². The van der Waals surface area contributed by atoms with Crippen LogP contribution in [0.2, 0.25) is 5.15 Å². The van der Waals surface area contributed by atoms with E-state index in [0.717, 1.165) is 12.1 Å². The van der Waals surface area contributed by atoms with E-state index in [1.54, 1.807) is 36.3 Å². The number of carbonyl (C=O) groups excluding carboxylic acids is 1. The Balaban J connectivity index is 2.20. The van der Waals surface area contributed by atoms with Crippen molar-refractivity contribution in [1.82, 2.24) is 14.8 Å². The third-order valence-corrected chi connectivity index (χ3v) is 2.63. The number of anilines is 1. The van der Waals surface area contributed by atoms with Gasteiger partial charge in [0, 0.05) is 24.5 Å². The van der Waals surface area contributed by atoms with Crippen molar-refractivity contribution in [2.75, 3.05) is 5.32 Å². The van der Waals surface area contributed by atoms with Crippen molar-refractivity contribution in [3.63, 3.8) is 0 Å². The highest BCUT2D eigenvalue weighted by atomic mass is 35.5. The topological polar surface area (TPSA) is 59.8 Å². The van der Waals surface area contributed by atoms with Crippen molar-refractivity contribution < 1.29 is 4.79 Å². The molecular weight excluding hydrogens is 252 g/mol. The molecule has 0 radical (unpaired) electrons. The van der Waals surface area contributed by atoms with Crippen LogP contribution in [0.4, 0.5) is 5.69 Å². The fourth-order valence-corrected chi connectivity index (χ4v) is 1.78. The molecule has 1 amide bonds. The van der Waals surface area contributed by atoms with Crippen molar-refractivity contribution >= 4 is 23.2 Å². The van der Waals surface area contributed by atoms with E-state index in [1.165, 1.54) is 0 Å². The molecule has 0 unspecified atom stereocenters. The van der Waals surface area contributed by atoms with Gasteiger partial charge in [-0.25, -0.2) is 4.98 Å². The number of aryl methyl sites for hydroxylation is 2. The van der Waals surface area contributed by atoms with Gasteiger partial charge in [0.15, 0.2) is 0 Å². The lowest BCUT2D eigenvalue weighted by Crippen LogP contribution is -2.12. The maximum Gasteiger partial charge on any atom is 0.255 e. The highest BCUT2D eigenvalue weighted by Gasteiger charge is 2.09. The summed E-state index contributed by atoms with van der Waals surface area (Å²) in [6.45, 7) is 1.96. The largest absolute Gasteiger partial charge is 0.319 e. The first-order valence-electron chi connectivity index (χ1n) is 5.55. The van der Waals surface area contributed by atoms with Gasteiger partial charge in [-0.15, -0.1) is 0 Å². The Bertz CT molecular complexity index is 579. The van der Waals surface area contributed by atoms with Gasteiger partial charge in [-0.3, -0.25) is 9.48 Å². The van der Waals surface area contributed by atoms with Crippen molar-refractivity contribution in [2.45, 2.75) is 13.3 Å². The third-order valence-electron chi connectivity index (χ3n) is 2.43. The van der Waals surface area contributed by atoms with E-state index in [4.69, 9.17) is 11.6 Å². The molecule has 0 saturated heterocycles. The Morgan fingerprint density at radius 1 is 1.50 bits per heavy atom. The molecule has 2 aromatic heterocycles. The van der Waals surface area contributed by atoms with Crippen LogP contribution in [0.1, 0.15) is 23.0 Å². The maximum absolute atomic E-state index is 12.0. The monoisotopic (exact) mass is 264 g/mol. The van der Waals surface area contributed by atoms with Crippen molar-refractivity contribution in [3.05, 3.63) is 40.9 Å². The predicted octanol–water partition coefficient (Wildman–Crippen LogP) is 2.28. The Kier molecular flexibility index (Phi) is 3.62. The summed E-state index contributed by atoms with van der Waals surface area (Å²) in [5, 5.41) is 7.05. The van der Waals surface area contributed by atoms with Crippen LogP contribution in [0.5, 0.6) is 0 Å². The highest BCUT2D eigenvalue weighted by Crippen LogP contribution is 2.13. The summed E-state index contributed by atoms with van der Waals surface area (Å²) in [6, 6.07) is 3.28. The minimum atomic E-state index is -0.220. The summed E-state index contributed by atoms with van der Waals surface area (Å²) < 4.78 is 1.62. The molecule has 0 aliphatic rings. The zero-order valence-electron chi connectivity index (χ0n) is 10.1. The molecule has 0 aliphatic heterocycles. The normalized spacial score (nSPS) is 10.4. The van der Waals surface area contributed by atoms with Crippen molar-refractivity contribution in [2.24, 2.45) is 7.05 Å². The predicted molar refractivity (Wildman–Crippen MR) is 69.8 cm³/mol. The number of hydrogen-bond acceptors (Lipinski definition) is 3. The summed E-state index contributed by atoms with van der Waals surface area (Å²) in [6.07, 6.45) is 4.04. The number of pyridine rings is 1. The fourth-order valence-electron chi connectivity index (χ4n) is 1.55. The Morgan fingerprint density at radius 3 is 2.89 bits per heavy atom. The van der Waals surface area contributed by atoms with E-state index in [2.05, 4.69) is 15.4 Å². The van der Waals surface area contributed by atoms with Crippen LogP contribution in [0.15, 0.2) is 24.5 Å². The molecular formula is C12H13ClN4O. The number of aromatic nitrogens is 3. The molecule has 0 spiro atoms. The molecule has 2 rings (SSSR count). The molecule has 94 valence electrons. The molecule has 6 heteroatoms. The van der Waals surface area contributed by atoms with Gasteiger partial charge in [-0.1, -0.05) is 18.5 Å². The fraction of sp³-hybridized carbons (Fsp3) is 0.250. The number of carbonyl (C=O) groups is 1. The zero-order valence-corrected chi connectivity index (χ0v) is 10.9. The average Bonchev–Trinajstić information content (AvgIpc) is 2.73.